The van der Waals surface area contributed by atoms with Crippen molar-refractivity contribution >= 4 is 31.9 Å². The second kappa shape index (κ2) is 6.01. The van der Waals surface area contributed by atoms with E-state index in [4.69, 9.17) is 9.47 Å². The lowest BCUT2D eigenvalue weighted by Gasteiger charge is -2.38. The summed E-state index contributed by atoms with van der Waals surface area (Å²) in [5.74, 6) is 0.162. The van der Waals surface area contributed by atoms with E-state index in [1.54, 1.807) is 6.20 Å². The van der Waals surface area contributed by atoms with Crippen molar-refractivity contribution in [3.63, 3.8) is 0 Å². The second-order valence-electron chi connectivity index (χ2n) is 5.55. The van der Waals surface area contributed by atoms with E-state index in [-0.39, 0.29) is 11.5 Å². The number of halogens is 2. The summed E-state index contributed by atoms with van der Waals surface area (Å²) in [6.45, 7) is 2.08. The number of ether oxygens (including phenoxy) is 2. The van der Waals surface area contributed by atoms with Crippen LogP contribution in [0.15, 0.2) is 21.2 Å². The van der Waals surface area contributed by atoms with Gasteiger partial charge in [-0.3, -0.25) is 4.98 Å². The number of aromatic nitrogens is 1. The summed E-state index contributed by atoms with van der Waals surface area (Å²) in [7, 11) is 0. The number of hydrogen-bond donors (Lipinski definition) is 1. The molecule has 3 unspecified atom stereocenters. The molecule has 0 saturated carbocycles. The fraction of sp³-hybridized carbons (Fsp3) is 0.643. The summed E-state index contributed by atoms with van der Waals surface area (Å²) in [4.78, 5) is 4.35. The fourth-order valence-corrected chi connectivity index (χ4v) is 4.29. The topological polar surface area (TPSA) is 51.6 Å². The molecule has 20 heavy (non-hydrogen) atoms. The van der Waals surface area contributed by atoms with Gasteiger partial charge in [-0.05, 0) is 56.7 Å². The van der Waals surface area contributed by atoms with Gasteiger partial charge in [-0.2, -0.15) is 0 Å². The van der Waals surface area contributed by atoms with E-state index in [0.29, 0.717) is 18.9 Å². The van der Waals surface area contributed by atoms with Gasteiger partial charge in [0, 0.05) is 34.8 Å². The molecule has 3 heterocycles. The van der Waals surface area contributed by atoms with E-state index in [0.717, 1.165) is 34.8 Å². The van der Waals surface area contributed by atoms with E-state index >= 15 is 0 Å². The summed E-state index contributed by atoms with van der Waals surface area (Å²) >= 11 is 6.86. The monoisotopic (exact) mass is 405 g/mol. The van der Waals surface area contributed by atoms with Gasteiger partial charge in [-0.15, -0.1) is 0 Å². The number of nitrogens with zero attached hydrogens (tertiary/aromatic N) is 1. The first-order chi connectivity index (χ1) is 9.60. The maximum atomic E-state index is 10.7. The maximum absolute atomic E-state index is 10.7. The van der Waals surface area contributed by atoms with Crippen LogP contribution in [0.4, 0.5) is 0 Å². The Morgan fingerprint density at radius 1 is 1.40 bits per heavy atom. The van der Waals surface area contributed by atoms with Gasteiger partial charge in [0.05, 0.1) is 17.9 Å². The smallest absolute Gasteiger partial charge is 0.100 e. The molecule has 110 valence electrons. The Morgan fingerprint density at radius 3 is 2.95 bits per heavy atom. The van der Waals surface area contributed by atoms with Gasteiger partial charge in [-0.25, -0.2) is 0 Å². The standard InChI is InChI=1S/C14H17Br2NO3/c15-10-5-11(16)12(17-7-10)13(18)9-1-3-20-14(6-9)2-4-19-8-14/h5,7,9,13,18H,1-4,6,8H2. The molecule has 0 amide bonds. The lowest BCUT2D eigenvalue weighted by Crippen LogP contribution is -2.42. The number of rotatable bonds is 2. The molecule has 1 spiro atoms. The van der Waals surface area contributed by atoms with Crippen LogP contribution in [0.2, 0.25) is 0 Å². The largest absolute Gasteiger partial charge is 0.386 e. The Morgan fingerprint density at radius 2 is 2.25 bits per heavy atom. The van der Waals surface area contributed by atoms with Crippen molar-refractivity contribution in [1.29, 1.82) is 0 Å². The van der Waals surface area contributed by atoms with E-state index in [1.807, 2.05) is 6.07 Å². The number of pyridine rings is 1. The molecule has 1 aromatic rings. The molecule has 2 aliphatic heterocycles. The zero-order valence-electron chi connectivity index (χ0n) is 11.0. The Labute approximate surface area is 135 Å². The summed E-state index contributed by atoms with van der Waals surface area (Å²) in [5.41, 5.74) is 0.514. The third-order valence-electron chi connectivity index (χ3n) is 4.16. The van der Waals surface area contributed by atoms with Crippen LogP contribution in [-0.2, 0) is 9.47 Å². The first-order valence-electron chi connectivity index (χ1n) is 6.80. The zero-order valence-corrected chi connectivity index (χ0v) is 14.2. The lowest BCUT2D eigenvalue weighted by atomic mass is 9.81. The molecule has 0 bridgehead atoms. The van der Waals surface area contributed by atoms with Crippen molar-refractivity contribution < 1.29 is 14.6 Å². The van der Waals surface area contributed by atoms with Crippen LogP contribution in [-0.4, -0.2) is 35.5 Å². The Kier molecular flexibility index (Phi) is 4.48. The van der Waals surface area contributed by atoms with Crippen LogP contribution in [0, 0.1) is 5.92 Å². The van der Waals surface area contributed by atoms with Gasteiger partial charge >= 0.3 is 0 Å². The third kappa shape index (κ3) is 2.95. The van der Waals surface area contributed by atoms with E-state index < -0.39 is 6.10 Å². The predicted molar refractivity (Wildman–Crippen MR) is 81.4 cm³/mol. The van der Waals surface area contributed by atoms with Gasteiger partial charge in [0.15, 0.2) is 0 Å². The quantitative estimate of drug-likeness (QED) is 0.819. The Bertz CT molecular complexity index is 491. The van der Waals surface area contributed by atoms with Crippen LogP contribution in [0.3, 0.4) is 0 Å². The van der Waals surface area contributed by atoms with Crippen molar-refractivity contribution in [3.8, 4) is 0 Å². The second-order valence-corrected chi connectivity index (χ2v) is 7.32. The highest BCUT2D eigenvalue weighted by Crippen LogP contribution is 2.41. The zero-order chi connectivity index (χ0) is 14.2. The molecular weight excluding hydrogens is 390 g/mol. The van der Waals surface area contributed by atoms with Crippen molar-refractivity contribution in [2.45, 2.75) is 31.0 Å². The van der Waals surface area contributed by atoms with Crippen LogP contribution >= 0.6 is 31.9 Å². The third-order valence-corrected chi connectivity index (χ3v) is 5.23. The highest BCUT2D eigenvalue weighted by molar-refractivity contribution is 9.11. The summed E-state index contributed by atoms with van der Waals surface area (Å²) < 4.78 is 13.1. The van der Waals surface area contributed by atoms with Gasteiger partial charge in [0.25, 0.3) is 0 Å². The molecule has 1 N–H and O–H groups in total. The molecule has 2 fully saturated rings. The number of aliphatic hydroxyl groups excluding tert-OH is 1. The van der Waals surface area contributed by atoms with Crippen LogP contribution < -0.4 is 0 Å². The summed E-state index contributed by atoms with van der Waals surface area (Å²) in [6, 6.07) is 1.92. The molecular formula is C14H17Br2NO3. The van der Waals surface area contributed by atoms with Crippen molar-refractivity contribution in [2.24, 2.45) is 5.92 Å². The van der Waals surface area contributed by atoms with Gasteiger partial charge in [0.1, 0.15) is 6.10 Å². The molecule has 3 atom stereocenters. The Balaban J connectivity index is 1.77. The van der Waals surface area contributed by atoms with Crippen LogP contribution in [0.1, 0.15) is 31.1 Å². The van der Waals surface area contributed by atoms with Crippen LogP contribution in [0.5, 0.6) is 0 Å². The summed E-state index contributed by atoms with van der Waals surface area (Å²) in [6.07, 6.45) is 3.76. The van der Waals surface area contributed by atoms with Crippen LogP contribution in [0.25, 0.3) is 0 Å². The van der Waals surface area contributed by atoms with E-state index in [9.17, 15) is 5.11 Å². The molecule has 2 aliphatic rings. The maximum Gasteiger partial charge on any atom is 0.100 e. The molecule has 2 saturated heterocycles. The molecule has 6 heteroatoms. The summed E-state index contributed by atoms with van der Waals surface area (Å²) in [5, 5.41) is 10.7. The highest BCUT2D eigenvalue weighted by atomic mass is 79.9. The fourth-order valence-electron chi connectivity index (χ4n) is 3.06. The Hall–Kier alpha value is -0.0100. The molecule has 0 aromatic carbocycles. The minimum Gasteiger partial charge on any atom is -0.386 e. The first-order valence-corrected chi connectivity index (χ1v) is 8.39. The SMILES string of the molecule is OC(c1ncc(Br)cc1Br)C1CCOC2(CCOC2)C1. The molecule has 1 aromatic heterocycles. The van der Waals surface area contributed by atoms with Gasteiger partial charge in [-0.1, -0.05) is 0 Å². The average molecular weight is 407 g/mol. The minimum atomic E-state index is -0.571. The van der Waals surface area contributed by atoms with Gasteiger partial charge in [0.2, 0.25) is 0 Å². The first kappa shape index (κ1) is 14.9. The number of hydrogen-bond acceptors (Lipinski definition) is 4. The van der Waals surface area contributed by atoms with Crippen molar-refractivity contribution in [1.82, 2.24) is 4.98 Å². The lowest BCUT2D eigenvalue weighted by molar-refractivity contribution is -0.117. The molecule has 4 nitrogen and oxygen atoms in total. The normalized spacial score (nSPS) is 31.6. The minimum absolute atomic E-state index is 0.162. The molecule has 0 aliphatic carbocycles. The van der Waals surface area contributed by atoms with Gasteiger partial charge < -0.3 is 14.6 Å². The molecule has 3 rings (SSSR count). The highest BCUT2D eigenvalue weighted by Gasteiger charge is 2.43. The molecule has 0 radical (unpaired) electrons. The number of aliphatic hydroxyl groups is 1. The van der Waals surface area contributed by atoms with E-state index in [1.165, 1.54) is 0 Å². The predicted octanol–water partition coefficient (Wildman–Crippen LogP) is 3.23. The van der Waals surface area contributed by atoms with Crippen molar-refractivity contribution in [3.05, 3.63) is 26.9 Å². The van der Waals surface area contributed by atoms with Crippen molar-refractivity contribution in [2.75, 3.05) is 19.8 Å². The average Bonchev–Trinajstić information content (AvgIpc) is 2.86. The van der Waals surface area contributed by atoms with E-state index in [2.05, 4.69) is 36.8 Å².